The fourth-order valence-electron chi connectivity index (χ4n) is 5.05. The van der Waals surface area contributed by atoms with Gasteiger partial charge in [0.1, 0.15) is 11.2 Å². The van der Waals surface area contributed by atoms with Crippen molar-refractivity contribution in [3.05, 3.63) is 50.8 Å². The first-order chi connectivity index (χ1) is 17.3. The van der Waals surface area contributed by atoms with Gasteiger partial charge >= 0.3 is 12.1 Å². The summed E-state index contributed by atoms with van der Waals surface area (Å²) in [6, 6.07) is 0.243. The number of hydrogen-bond acceptors (Lipinski definition) is 5. The van der Waals surface area contributed by atoms with Gasteiger partial charge in [-0.1, -0.05) is 19.1 Å². The van der Waals surface area contributed by atoms with Crippen molar-refractivity contribution in [2.45, 2.75) is 83.6 Å². The van der Waals surface area contributed by atoms with Crippen LogP contribution in [0.4, 0.5) is 13.6 Å². The maximum absolute atomic E-state index is 15.2. The Hall–Kier alpha value is -3.27. The molecule has 1 saturated heterocycles. The summed E-state index contributed by atoms with van der Waals surface area (Å²) >= 11 is 0. The second kappa shape index (κ2) is 9.89. The Kier molecular flexibility index (Phi) is 7.16. The monoisotopic (exact) mass is 518 g/mol. The first-order valence-electron chi connectivity index (χ1n) is 12.5. The maximum atomic E-state index is 15.2. The number of carboxylic acid groups (broad SMARTS) is 1. The van der Waals surface area contributed by atoms with Gasteiger partial charge in [0.2, 0.25) is 5.43 Å². The van der Waals surface area contributed by atoms with E-state index in [0.29, 0.717) is 6.42 Å². The molecule has 1 aromatic carbocycles. The van der Waals surface area contributed by atoms with Gasteiger partial charge in [-0.05, 0) is 58.9 Å². The van der Waals surface area contributed by atoms with E-state index in [1.54, 1.807) is 38.3 Å². The molecule has 1 saturated carbocycles. The Morgan fingerprint density at radius 2 is 1.92 bits per heavy atom. The fourth-order valence-corrected chi connectivity index (χ4v) is 5.05. The van der Waals surface area contributed by atoms with Gasteiger partial charge in [-0.25, -0.2) is 18.4 Å². The maximum Gasteiger partial charge on any atom is 0.410 e. The van der Waals surface area contributed by atoms with Gasteiger partial charge in [0.15, 0.2) is 11.6 Å². The topological polar surface area (TPSA) is 109 Å². The summed E-state index contributed by atoms with van der Waals surface area (Å²) in [6.07, 6.45) is 3.87. The smallest absolute Gasteiger partial charge is 0.410 e. The van der Waals surface area contributed by atoms with Gasteiger partial charge in [0.25, 0.3) is 0 Å². The molecule has 4 rings (SSSR count). The molecule has 1 aliphatic heterocycles. The van der Waals surface area contributed by atoms with Gasteiger partial charge in [-0.15, -0.1) is 0 Å². The van der Waals surface area contributed by atoms with Gasteiger partial charge in [0.05, 0.1) is 23.6 Å². The molecule has 2 heterocycles. The number of aromatic nitrogens is 1. The van der Waals surface area contributed by atoms with E-state index in [0.717, 1.165) is 18.9 Å². The minimum atomic E-state index is -1.40. The van der Waals surface area contributed by atoms with Gasteiger partial charge in [0, 0.05) is 23.3 Å². The summed E-state index contributed by atoms with van der Waals surface area (Å²) in [5.41, 5.74) is -1.68. The van der Waals surface area contributed by atoms with Gasteiger partial charge in [-0.2, -0.15) is 0 Å². The van der Waals surface area contributed by atoms with Gasteiger partial charge in [-0.3, -0.25) is 4.79 Å². The quantitative estimate of drug-likeness (QED) is 0.576. The second-order valence-electron chi connectivity index (χ2n) is 10.7. The number of ether oxygens (including phenoxy) is 1. The number of hydrogen-bond donors (Lipinski definition) is 2. The predicted molar refractivity (Wildman–Crippen MR) is 134 cm³/mol. The molecule has 1 aromatic heterocycles. The van der Waals surface area contributed by atoms with Crippen molar-refractivity contribution in [1.82, 2.24) is 9.47 Å². The molecule has 8 nitrogen and oxygen atoms in total. The molecule has 2 aliphatic rings. The number of β-amino-alcohol motifs (C(OH)–C–C–N with tert-alkyl or cyclic N) is 1. The molecule has 0 spiro atoms. The lowest BCUT2D eigenvalue weighted by Gasteiger charge is -2.28. The van der Waals surface area contributed by atoms with E-state index >= 15 is 4.39 Å². The van der Waals surface area contributed by atoms with Crippen molar-refractivity contribution in [1.29, 1.82) is 0 Å². The Morgan fingerprint density at radius 3 is 2.49 bits per heavy atom. The zero-order chi connectivity index (χ0) is 27.2. The summed E-state index contributed by atoms with van der Waals surface area (Å²) in [4.78, 5) is 39.1. The lowest BCUT2D eigenvalue weighted by Crippen LogP contribution is -2.40. The number of aromatic carboxylic acids is 1. The third-order valence-electron chi connectivity index (χ3n) is 6.69. The van der Waals surface area contributed by atoms with Crippen molar-refractivity contribution < 1.29 is 33.3 Å². The van der Waals surface area contributed by atoms with Crippen LogP contribution in [0.25, 0.3) is 17.0 Å². The Bertz CT molecular complexity index is 1340. The molecule has 1 aliphatic carbocycles. The van der Waals surface area contributed by atoms with Crippen LogP contribution in [-0.4, -0.2) is 56.0 Å². The van der Waals surface area contributed by atoms with E-state index in [1.807, 2.05) is 0 Å². The molecule has 2 aromatic rings. The van der Waals surface area contributed by atoms with E-state index < -0.39 is 52.4 Å². The number of carbonyl (C=O) groups is 2. The summed E-state index contributed by atoms with van der Waals surface area (Å²) in [5.74, 6) is -3.79. The number of pyridine rings is 1. The number of amides is 1. The van der Waals surface area contributed by atoms with Gasteiger partial charge < -0.3 is 24.4 Å². The molecule has 10 heteroatoms. The van der Waals surface area contributed by atoms with E-state index in [-0.39, 0.29) is 47.6 Å². The SMILES string of the molecule is CCc1c(C(=O)O)c(=O)c2cc(F)c(F)c(C=CC[C@@H]3C[C@H](O)CN3C(=O)OC(C)(C)C)c2n1C1CC1. The van der Waals surface area contributed by atoms with Crippen molar-refractivity contribution in [2.75, 3.05) is 6.54 Å². The molecular formula is C27H32F2N2O6. The summed E-state index contributed by atoms with van der Waals surface area (Å²) in [6.45, 7) is 7.04. The number of benzene rings is 1. The van der Waals surface area contributed by atoms with Crippen LogP contribution >= 0.6 is 0 Å². The predicted octanol–water partition coefficient (Wildman–Crippen LogP) is 4.65. The lowest BCUT2D eigenvalue weighted by molar-refractivity contribution is 0.0210. The van der Waals surface area contributed by atoms with Crippen LogP contribution in [0.2, 0.25) is 0 Å². The number of aliphatic hydroxyl groups excluding tert-OH is 1. The molecule has 200 valence electrons. The van der Waals surface area contributed by atoms with Crippen molar-refractivity contribution >= 4 is 29.0 Å². The third kappa shape index (κ3) is 5.25. The molecule has 1 amide bonds. The fraction of sp³-hybridized carbons (Fsp3) is 0.519. The zero-order valence-electron chi connectivity index (χ0n) is 21.4. The van der Waals surface area contributed by atoms with Crippen molar-refractivity contribution in [2.24, 2.45) is 0 Å². The number of carboxylic acids is 1. The number of carbonyl (C=O) groups excluding carboxylic acids is 1. The molecule has 2 atom stereocenters. The van der Waals surface area contributed by atoms with Crippen molar-refractivity contribution in [3.63, 3.8) is 0 Å². The standard InChI is InChI=1S/C27H32F2N2O6/c1-5-20-21(25(34)35)24(33)18-12-19(28)22(29)17(23(18)31(20)14-9-10-14)8-6-7-15-11-16(32)13-30(15)26(36)37-27(2,3)4/h6,8,12,14-16,32H,5,7,9-11,13H2,1-4H3,(H,34,35)/t15-,16+/m1/s1. The van der Waals surface area contributed by atoms with E-state index in [1.165, 1.54) is 11.0 Å². The Labute approximate surface area is 213 Å². The highest BCUT2D eigenvalue weighted by Gasteiger charge is 2.36. The van der Waals surface area contributed by atoms with Crippen LogP contribution in [0.1, 0.15) is 81.0 Å². The lowest BCUT2D eigenvalue weighted by atomic mass is 10.0. The third-order valence-corrected chi connectivity index (χ3v) is 6.69. The number of likely N-dealkylation sites (tertiary alicyclic amines) is 1. The van der Waals surface area contributed by atoms with Crippen LogP contribution < -0.4 is 5.43 Å². The number of rotatable bonds is 6. The number of aliphatic hydroxyl groups is 1. The first-order valence-corrected chi connectivity index (χ1v) is 12.5. The first kappa shape index (κ1) is 26.8. The van der Waals surface area contributed by atoms with Crippen LogP contribution in [0.5, 0.6) is 0 Å². The van der Waals surface area contributed by atoms with Crippen LogP contribution in [0.15, 0.2) is 16.9 Å². The number of fused-ring (bicyclic) bond motifs is 1. The number of halogens is 2. The zero-order valence-corrected chi connectivity index (χ0v) is 21.4. The number of nitrogens with zero attached hydrogens (tertiary/aromatic N) is 2. The molecule has 0 bridgehead atoms. The van der Waals surface area contributed by atoms with E-state index in [4.69, 9.17) is 4.74 Å². The summed E-state index contributed by atoms with van der Waals surface area (Å²) < 4.78 is 37.0. The second-order valence-corrected chi connectivity index (χ2v) is 10.7. The summed E-state index contributed by atoms with van der Waals surface area (Å²) in [7, 11) is 0. The van der Waals surface area contributed by atoms with E-state index in [2.05, 4.69) is 0 Å². The Balaban J connectivity index is 1.78. The minimum absolute atomic E-state index is 0.101. The highest BCUT2D eigenvalue weighted by atomic mass is 19.2. The highest BCUT2D eigenvalue weighted by molar-refractivity contribution is 5.97. The average molecular weight is 519 g/mol. The highest BCUT2D eigenvalue weighted by Crippen LogP contribution is 2.40. The van der Waals surface area contributed by atoms with E-state index in [9.17, 15) is 29.0 Å². The largest absolute Gasteiger partial charge is 0.477 e. The van der Waals surface area contributed by atoms with Crippen molar-refractivity contribution in [3.8, 4) is 0 Å². The molecule has 0 radical (unpaired) electrons. The summed E-state index contributed by atoms with van der Waals surface area (Å²) in [5, 5.41) is 19.7. The molecule has 37 heavy (non-hydrogen) atoms. The molecule has 0 unspecified atom stereocenters. The average Bonchev–Trinajstić information content (AvgIpc) is 3.56. The van der Waals surface area contributed by atoms with Crippen LogP contribution in [-0.2, 0) is 11.2 Å². The normalized spacial score (nSPS) is 20.2. The van der Waals surface area contributed by atoms with Crippen LogP contribution in [0.3, 0.4) is 0 Å². The molecule has 2 N–H and O–H groups in total. The van der Waals surface area contributed by atoms with Crippen LogP contribution in [0, 0.1) is 11.6 Å². The Morgan fingerprint density at radius 1 is 1.24 bits per heavy atom. The molecular weight excluding hydrogens is 486 g/mol. The molecule has 2 fully saturated rings. The minimum Gasteiger partial charge on any atom is -0.477 e.